The number of phosphoric ester groups is 1. The lowest BCUT2D eigenvalue weighted by Crippen LogP contribution is -2.37. The fourth-order valence-electron chi connectivity index (χ4n) is 4.87. The molecule has 0 amide bonds. The normalized spacial score (nSPS) is 14.5. The quantitative estimate of drug-likeness (QED) is 0.0114. The molecule has 0 N–H and O–H groups in total. The lowest BCUT2D eigenvalue weighted by molar-refractivity contribution is -0.870. The number of likely N-dealkylation sites (N-methyl/N-ethyl adjacent to an activating group) is 1. The number of allylic oxidation sites excluding steroid dienone is 18. The number of carbonyl (C=O) groups excluding carboxylic acids is 3. The van der Waals surface area contributed by atoms with Crippen LogP contribution in [0.5, 0.6) is 0 Å². The largest absolute Gasteiger partial charge is 0.756 e. The molecule has 0 spiro atoms. The highest BCUT2D eigenvalue weighted by atomic mass is 31.2. The molecule has 0 rings (SSSR count). The van der Waals surface area contributed by atoms with Crippen molar-refractivity contribution in [2.75, 3.05) is 47.5 Å². The van der Waals surface area contributed by atoms with Crippen LogP contribution in [0.3, 0.4) is 0 Å². The van der Waals surface area contributed by atoms with Gasteiger partial charge in [-0.15, -0.1) is 0 Å². The molecule has 2 atom stereocenters. The Balaban J connectivity index is 4.63. The Kier molecular flexibility index (Phi) is 36.1. The molecule has 11 heteroatoms. The molecule has 0 heterocycles. The van der Waals surface area contributed by atoms with Crippen molar-refractivity contribution in [1.29, 1.82) is 0 Å². The molecule has 0 bridgehead atoms. The van der Waals surface area contributed by atoms with Gasteiger partial charge in [0.15, 0.2) is 11.9 Å². The molecule has 0 saturated carbocycles. The van der Waals surface area contributed by atoms with E-state index in [-0.39, 0.29) is 31.8 Å². The van der Waals surface area contributed by atoms with Gasteiger partial charge in [-0.3, -0.25) is 18.9 Å². The Morgan fingerprint density at radius 3 is 1.63 bits per heavy atom. The highest BCUT2D eigenvalue weighted by Gasteiger charge is 2.21. The summed E-state index contributed by atoms with van der Waals surface area (Å²) in [7, 11) is 1.04. The van der Waals surface area contributed by atoms with Crippen LogP contribution in [0.2, 0.25) is 0 Å². The molecule has 332 valence electrons. The maximum atomic E-state index is 12.6. The standard InChI is InChI=1S/C48H76NO9P/c1-6-8-10-11-12-13-14-15-16-17-18-19-22-26-29-32-36-40-48(52)58-46(44-57-59(53,54)56-42-41-49(3,4)5)43-55-47(51)39-35-31-28-25-23-20-21-24-27-30-34-38-45(50)37-33-9-7-2/h8,10,12-13,15-16,18-21,25-30,34,38,46H,6-7,9,11,14,17,22-24,31-33,35-37,39-44H2,1-5H3/b10-8-,13-12-,16-15-,19-18-,21-20-,28-25-,29-26-,30-27-,38-34+/t46-/m1/s1. The summed E-state index contributed by atoms with van der Waals surface area (Å²) < 4.78 is 33.7. The number of hydrogen-bond acceptors (Lipinski definition) is 9. The average molecular weight is 842 g/mol. The topological polar surface area (TPSA) is 128 Å². The van der Waals surface area contributed by atoms with Crippen LogP contribution in [0.25, 0.3) is 0 Å². The van der Waals surface area contributed by atoms with E-state index in [1.54, 1.807) is 12.2 Å². The van der Waals surface area contributed by atoms with E-state index in [4.69, 9.17) is 18.5 Å². The summed E-state index contributed by atoms with van der Waals surface area (Å²) in [4.78, 5) is 49.2. The number of nitrogens with zero attached hydrogens (tertiary/aromatic N) is 1. The second-order valence-corrected chi connectivity index (χ2v) is 16.4. The van der Waals surface area contributed by atoms with Crippen molar-refractivity contribution < 1.29 is 46.8 Å². The summed E-state index contributed by atoms with van der Waals surface area (Å²) in [5, 5.41) is 0. The summed E-state index contributed by atoms with van der Waals surface area (Å²) >= 11 is 0. The first-order chi connectivity index (χ1) is 28.4. The van der Waals surface area contributed by atoms with Gasteiger partial charge < -0.3 is 27.9 Å². The van der Waals surface area contributed by atoms with Crippen molar-refractivity contribution in [2.24, 2.45) is 0 Å². The molecule has 0 aromatic rings. The highest BCUT2D eigenvalue weighted by molar-refractivity contribution is 7.45. The fourth-order valence-corrected chi connectivity index (χ4v) is 5.60. The third-order valence-corrected chi connectivity index (χ3v) is 9.22. The molecule has 0 aromatic heterocycles. The number of rotatable bonds is 37. The predicted molar refractivity (Wildman–Crippen MR) is 240 cm³/mol. The molecule has 0 radical (unpaired) electrons. The minimum absolute atomic E-state index is 0.0666. The molecular formula is C48H76NO9P. The minimum Gasteiger partial charge on any atom is -0.756 e. The SMILES string of the molecule is CC/C=C\C/C=C\C/C=C\C/C=C\C/C=C\CCCC(=O)O[C@H](COC(=O)CCC/C=C\C/C=C\C/C=C\C=C\C(=O)CCCCC)COP(=O)([O-])OCC[N+](C)(C)C. The molecule has 0 saturated heterocycles. The Labute approximate surface area is 357 Å². The number of carbonyl (C=O) groups is 3. The fraction of sp³-hybridized carbons (Fsp3) is 0.562. The first kappa shape index (κ1) is 55.3. The number of ether oxygens (including phenoxy) is 2. The van der Waals surface area contributed by atoms with Crippen LogP contribution in [0.15, 0.2) is 109 Å². The second kappa shape index (κ2) is 38.5. The van der Waals surface area contributed by atoms with Gasteiger partial charge in [0.25, 0.3) is 7.82 Å². The first-order valence-electron chi connectivity index (χ1n) is 21.5. The number of hydrogen-bond donors (Lipinski definition) is 0. The van der Waals surface area contributed by atoms with E-state index in [0.717, 1.165) is 64.2 Å². The summed E-state index contributed by atoms with van der Waals surface area (Å²) in [6.07, 6.45) is 48.3. The smallest absolute Gasteiger partial charge is 0.306 e. The molecule has 10 nitrogen and oxygen atoms in total. The van der Waals surface area contributed by atoms with E-state index in [1.165, 1.54) is 0 Å². The van der Waals surface area contributed by atoms with Gasteiger partial charge in [-0.2, -0.15) is 0 Å². The Morgan fingerprint density at radius 2 is 1.10 bits per heavy atom. The van der Waals surface area contributed by atoms with Gasteiger partial charge in [0.2, 0.25) is 0 Å². The van der Waals surface area contributed by atoms with Gasteiger partial charge in [0.1, 0.15) is 19.8 Å². The van der Waals surface area contributed by atoms with Crippen LogP contribution >= 0.6 is 7.82 Å². The highest BCUT2D eigenvalue weighted by Crippen LogP contribution is 2.38. The summed E-state index contributed by atoms with van der Waals surface area (Å²) in [6.45, 7) is 3.76. The van der Waals surface area contributed by atoms with Crippen LogP contribution in [0.1, 0.15) is 123 Å². The molecule has 0 aliphatic rings. The zero-order chi connectivity index (χ0) is 43.7. The van der Waals surface area contributed by atoms with E-state index >= 15 is 0 Å². The lowest BCUT2D eigenvalue weighted by atomic mass is 10.1. The second-order valence-electron chi connectivity index (χ2n) is 15.0. The molecule has 0 fully saturated rings. The third kappa shape index (κ3) is 42.3. The van der Waals surface area contributed by atoms with E-state index < -0.39 is 32.5 Å². The Hall–Kier alpha value is -3.66. The van der Waals surface area contributed by atoms with Crippen molar-refractivity contribution in [3.8, 4) is 0 Å². The van der Waals surface area contributed by atoms with Gasteiger partial charge in [-0.1, -0.05) is 130 Å². The Bertz CT molecular complexity index is 1430. The maximum Gasteiger partial charge on any atom is 0.306 e. The molecule has 1 unspecified atom stereocenters. The van der Waals surface area contributed by atoms with Gasteiger partial charge >= 0.3 is 11.9 Å². The van der Waals surface area contributed by atoms with E-state index in [0.29, 0.717) is 43.1 Å². The van der Waals surface area contributed by atoms with Crippen molar-refractivity contribution in [1.82, 2.24) is 0 Å². The third-order valence-electron chi connectivity index (χ3n) is 8.25. The van der Waals surface area contributed by atoms with E-state index in [9.17, 15) is 23.8 Å². The first-order valence-corrected chi connectivity index (χ1v) is 23.0. The maximum absolute atomic E-state index is 12.6. The van der Waals surface area contributed by atoms with Crippen LogP contribution in [0.4, 0.5) is 0 Å². The number of ketones is 1. The summed E-state index contributed by atoms with van der Waals surface area (Å²) in [6, 6.07) is 0. The lowest BCUT2D eigenvalue weighted by Gasteiger charge is -2.28. The van der Waals surface area contributed by atoms with Crippen molar-refractivity contribution in [3.63, 3.8) is 0 Å². The van der Waals surface area contributed by atoms with Gasteiger partial charge in [-0.25, -0.2) is 0 Å². The molecule has 0 aromatic carbocycles. The average Bonchev–Trinajstić information content (AvgIpc) is 3.18. The molecule has 0 aliphatic carbocycles. The van der Waals surface area contributed by atoms with Crippen molar-refractivity contribution in [3.05, 3.63) is 109 Å². The van der Waals surface area contributed by atoms with Crippen LogP contribution < -0.4 is 4.89 Å². The molecular weight excluding hydrogens is 766 g/mol. The zero-order valence-electron chi connectivity index (χ0n) is 36.9. The summed E-state index contributed by atoms with van der Waals surface area (Å²) in [5.74, 6) is -0.853. The minimum atomic E-state index is -4.67. The molecule has 0 aliphatic heterocycles. The van der Waals surface area contributed by atoms with Crippen LogP contribution in [-0.2, 0) is 37.5 Å². The monoisotopic (exact) mass is 842 g/mol. The molecule has 59 heavy (non-hydrogen) atoms. The van der Waals surface area contributed by atoms with Crippen LogP contribution in [0, 0.1) is 0 Å². The predicted octanol–water partition coefficient (Wildman–Crippen LogP) is 10.9. The zero-order valence-corrected chi connectivity index (χ0v) is 37.8. The number of phosphoric acid groups is 1. The van der Waals surface area contributed by atoms with Gasteiger partial charge in [-0.05, 0) is 83.1 Å². The van der Waals surface area contributed by atoms with Gasteiger partial charge in [0, 0.05) is 19.3 Å². The summed E-state index contributed by atoms with van der Waals surface area (Å²) in [5.41, 5.74) is 0. The Morgan fingerprint density at radius 1 is 0.593 bits per heavy atom. The van der Waals surface area contributed by atoms with E-state index in [1.807, 2.05) is 57.6 Å². The van der Waals surface area contributed by atoms with Crippen molar-refractivity contribution in [2.45, 2.75) is 129 Å². The van der Waals surface area contributed by atoms with Crippen molar-refractivity contribution >= 4 is 25.5 Å². The number of unbranched alkanes of at least 4 members (excludes halogenated alkanes) is 4. The van der Waals surface area contributed by atoms with Gasteiger partial charge in [0.05, 0.1) is 27.7 Å². The number of esters is 2. The number of quaternary nitrogens is 1. The van der Waals surface area contributed by atoms with E-state index in [2.05, 4.69) is 74.6 Å². The van der Waals surface area contributed by atoms with Crippen LogP contribution in [-0.4, -0.2) is 75.8 Å².